The Balaban J connectivity index is 2.09. The number of pyridine rings is 1. The fourth-order valence-electron chi connectivity index (χ4n) is 4.31. The van der Waals surface area contributed by atoms with Gasteiger partial charge < -0.3 is 5.32 Å². The molecule has 0 aromatic carbocycles. The van der Waals surface area contributed by atoms with Gasteiger partial charge in [-0.1, -0.05) is 19.9 Å². The van der Waals surface area contributed by atoms with Crippen LogP contribution in [0.25, 0.3) is 0 Å². The number of nitrogens with one attached hydrogen (secondary N) is 1. The molecule has 1 N–H and O–H groups in total. The molecule has 0 fully saturated rings. The minimum Gasteiger partial charge on any atom is -0.344 e. The average molecular weight is 366 g/mol. The van der Waals surface area contributed by atoms with Gasteiger partial charge >= 0.3 is 5.69 Å². The van der Waals surface area contributed by atoms with Crippen LogP contribution in [0.2, 0.25) is 0 Å². The SMILES string of the molecule is Cn1c2c(c(=O)n(C)c1=O)[C@@H](c1ccncc1)[C@@H]1C(=O)CC(C)(C)C=C1N2. The molecular weight excluding hydrogens is 344 g/mol. The van der Waals surface area contributed by atoms with E-state index in [1.54, 1.807) is 19.4 Å². The maximum atomic E-state index is 13.1. The molecule has 2 aromatic rings. The largest absolute Gasteiger partial charge is 0.344 e. The summed E-state index contributed by atoms with van der Waals surface area (Å²) in [7, 11) is 3.10. The molecule has 27 heavy (non-hydrogen) atoms. The van der Waals surface area contributed by atoms with Crippen LogP contribution >= 0.6 is 0 Å². The van der Waals surface area contributed by atoms with Gasteiger partial charge in [0.15, 0.2) is 0 Å². The number of anilines is 1. The first-order valence-corrected chi connectivity index (χ1v) is 8.93. The van der Waals surface area contributed by atoms with Crippen molar-refractivity contribution in [1.82, 2.24) is 14.1 Å². The van der Waals surface area contributed by atoms with Gasteiger partial charge in [-0.15, -0.1) is 0 Å². The number of aromatic nitrogens is 3. The molecule has 0 saturated carbocycles. The summed E-state index contributed by atoms with van der Waals surface area (Å²) in [5.74, 6) is -0.381. The maximum Gasteiger partial charge on any atom is 0.332 e. The topological polar surface area (TPSA) is 86.0 Å². The van der Waals surface area contributed by atoms with Gasteiger partial charge in [0.1, 0.15) is 11.6 Å². The van der Waals surface area contributed by atoms with Gasteiger partial charge in [0.2, 0.25) is 0 Å². The summed E-state index contributed by atoms with van der Waals surface area (Å²) >= 11 is 0. The third-order valence-corrected chi connectivity index (χ3v) is 5.53. The molecule has 2 aliphatic rings. The standard InChI is InChI=1S/C20H22N4O3/c1-20(2)9-12-15(13(25)10-20)14(11-5-7-21-8-6-11)16-17(22-12)23(3)19(27)24(4)18(16)26/h5-9,14-15,22H,10H2,1-4H3/t14-,15-/m0/s1. The van der Waals surface area contributed by atoms with Crippen LogP contribution in [0.5, 0.6) is 0 Å². The minimum atomic E-state index is -0.474. The van der Waals surface area contributed by atoms with E-state index < -0.39 is 17.5 Å². The van der Waals surface area contributed by atoms with Crippen molar-refractivity contribution in [2.45, 2.75) is 26.2 Å². The summed E-state index contributed by atoms with van der Waals surface area (Å²) in [6.45, 7) is 4.02. The van der Waals surface area contributed by atoms with Gasteiger partial charge in [-0.2, -0.15) is 0 Å². The number of rotatable bonds is 1. The van der Waals surface area contributed by atoms with Crippen LogP contribution in [0.3, 0.4) is 0 Å². The lowest BCUT2D eigenvalue weighted by Gasteiger charge is -2.41. The number of allylic oxidation sites excluding steroid dienone is 2. The van der Waals surface area contributed by atoms with Crippen LogP contribution in [0.1, 0.15) is 37.3 Å². The summed E-state index contributed by atoms with van der Waals surface area (Å²) in [4.78, 5) is 42.7. The van der Waals surface area contributed by atoms with E-state index in [4.69, 9.17) is 0 Å². The molecule has 0 radical (unpaired) electrons. The smallest absolute Gasteiger partial charge is 0.332 e. The van der Waals surface area contributed by atoms with Crippen LogP contribution in [-0.4, -0.2) is 19.9 Å². The summed E-state index contributed by atoms with van der Waals surface area (Å²) in [5, 5.41) is 3.24. The third-order valence-electron chi connectivity index (χ3n) is 5.53. The summed E-state index contributed by atoms with van der Waals surface area (Å²) < 4.78 is 2.54. The van der Waals surface area contributed by atoms with E-state index >= 15 is 0 Å². The maximum absolute atomic E-state index is 13.1. The van der Waals surface area contributed by atoms with Gasteiger partial charge in [0, 0.05) is 44.5 Å². The normalized spacial score (nSPS) is 23.1. The molecular formula is C20H22N4O3. The van der Waals surface area contributed by atoms with E-state index in [0.717, 1.165) is 15.8 Å². The molecule has 140 valence electrons. The highest BCUT2D eigenvalue weighted by Crippen LogP contribution is 2.47. The molecule has 1 aliphatic carbocycles. The molecule has 7 heteroatoms. The Morgan fingerprint density at radius 1 is 1.07 bits per heavy atom. The predicted molar refractivity (Wildman–Crippen MR) is 102 cm³/mol. The van der Waals surface area contributed by atoms with Gasteiger partial charge in [-0.05, 0) is 23.1 Å². The summed E-state index contributed by atoms with van der Waals surface area (Å²) in [6.07, 6.45) is 5.78. The lowest BCUT2D eigenvalue weighted by molar-refractivity contribution is -0.124. The van der Waals surface area contributed by atoms with Crippen LogP contribution < -0.4 is 16.6 Å². The number of hydrogen-bond donors (Lipinski definition) is 1. The Morgan fingerprint density at radius 3 is 2.41 bits per heavy atom. The Morgan fingerprint density at radius 2 is 1.74 bits per heavy atom. The number of Topliss-reactive ketones (excluding diaryl/α,β-unsaturated/α-hetero) is 1. The van der Waals surface area contributed by atoms with Crippen molar-refractivity contribution in [2.24, 2.45) is 25.4 Å². The number of nitrogens with zero attached hydrogens (tertiary/aromatic N) is 3. The number of ketones is 1. The Labute approximate surface area is 156 Å². The molecule has 7 nitrogen and oxygen atoms in total. The van der Waals surface area contributed by atoms with Crippen LogP contribution in [-0.2, 0) is 18.9 Å². The average Bonchev–Trinajstić information content (AvgIpc) is 2.62. The molecule has 0 spiro atoms. The number of fused-ring (bicyclic) bond motifs is 2. The van der Waals surface area contributed by atoms with Crippen molar-refractivity contribution in [3.05, 3.63) is 68.3 Å². The first kappa shape index (κ1) is 17.5. The van der Waals surface area contributed by atoms with Gasteiger partial charge in [-0.3, -0.25) is 23.7 Å². The highest BCUT2D eigenvalue weighted by molar-refractivity contribution is 5.90. The van der Waals surface area contributed by atoms with E-state index in [-0.39, 0.29) is 16.8 Å². The Bertz CT molecular complexity index is 1090. The second-order valence-corrected chi connectivity index (χ2v) is 8.06. The molecule has 2 aromatic heterocycles. The second kappa shape index (κ2) is 5.77. The predicted octanol–water partition coefficient (Wildman–Crippen LogP) is 1.54. The zero-order valence-electron chi connectivity index (χ0n) is 15.8. The number of hydrogen-bond acceptors (Lipinski definition) is 5. The molecule has 1 aliphatic heterocycles. The van der Waals surface area contributed by atoms with Gasteiger partial charge in [0.25, 0.3) is 5.56 Å². The van der Waals surface area contributed by atoms with Crippen molar-refractivity contribution in [2.75, 3.05) is 5.32 Å². The first-order valence-electron chi connectivity index (χ1n) is 8.93. The zero-order chi connectivity index (χ0) is 19.5. The van der Waals surface area contributed by atoms with Gasteiger partial charge in [-0.25, -0.2) is 4.79 Å². The quantitative estimate of drug-likeness (QED) is 0.827. The van der Waals surface area contributed by atoms with E-state index in [2.05, 4.69) is 16.4 Å². The molecule has 3 heterocycles. The van der Waals surface area contributed by atoms with E-state index in [1.807, 2.05) is 26.0 Å². The fourth-order valence-corrected chi connectivity index (χ4v) is 4.31. The summed E-state index contributed by atoms with van der Waals surface area (Å²) in [6, 6.07) is 3.66. The van der Waals surface area contributed by atoms with E-state index in [9.17, 15) is 14.4 Å². The molecule has 4 rings (SSSR count). The van der Waals surface area contributed by atoms with Gasteiger partial charge in [0.05, 0.1) is 11.5 Å². The molecule has 2 atom stereocenters. The molecule has 0 bridgehead atoms. The molecule has 0 amide bonds. The second-order valence-electron chi connectivity index (χ2n) is 8.06. The van der Waals surface area contributed by atoms with Crippen molar-refractivity contribution in [3.63, 3.8) is 0 Å². The van der Waals surface area contributed by atoms with Crippen molar-refractivity contribution in [1.29, 1.82) is 0 Å². The monoisotopic (exact) mass is 366 g/mol. The Hall–Kier alpha value is -2.96. The third kappa shape index (κ3) is 2.57. The van der Waals surface area contributed by atoms with Crippen LogP contribution in [0.4, 0.5) is 5.82 Å². The van der Waals surface area contributed by atoms with E-state index in [0.29, 0.717) is 17.8 Å². The highest BCUT2D eigenvalue weighted by atomic mass is 16.2. The minimum absolute atomic E-state index is 0.0911. The Kier molecular flexibility index (Phi) is 3.73. The van der Waals surface area contributed by atoms with E-state index in [1.165, 1.54) is 11.6 Å². The molecule has 0 unspecified atom stereocenters. The molecule has 0 saturated heterocycles. The van der Waals surface area contributed by atoms with Crippen LogP contribution in [0, 0.1) is 11.3 Å². The first-order chi connectivity index (χ1) is 12.7. The van der Waals surface area contributed by atoms with Crippen molar-refractivity contribution < 1.29 is 4.79 Å². The fraction of sp³-hybridized carbons (Fsp3) is 0.400. The van der Waals surface area contributed by atoms with Crippen molar-refractivity contribution >= 4 is 11.6 Å². The lowest BCUT2D eigenvalue weighted by Crippen LogP contribution is -2.47. The number of carbonyl (C=O) groups is 1. The van der Waals surface area contributed by atoms with Crippen LogP contribution in [0.15, 0.2) is 45.9 Å². The summed E-state index contributed by atoms with van der Waals surface area (Å²) in [5.41, 5.74) is 0.982. The zero-order valence-corrected chi connectivity index (χ0v) is 15.8. The van der Waals surface area contributed by atoms with Crippen molar-refractivity contribution in [3.8, 4) is 0 Å². The number of carbonyl (C=O) groups excluding carboxylic acids is 1. The highest BCUT2D eigenvalue weighted by Gasteiger charge is 2.45. The lowest BCUT2D eigenvalue weighted by atomic mass is 9.67.